The van der Waals surface area contributed by atoms with E-state index in [4.69, 9.17) is 0 Å². The van der Waals surface area contributed by atoms with E-state index < -0.39 is 0 Å². The summed E-state index contributed by atoms with van der Waals surface area (Å²) in [6.07, 6.45) is 4.43. The van der Waals surface area contributed by atoms with Crippen LogP contribution in [0.1, 0.15) is 52.4 Å². The Morgan fingerprint density at radius 1 is 1.14 bits per heavy atom. The molecule has 0 radical (unpaired) electrons. The number of hydrogen-bond acceptors (Lipinski definition) is 4. The molecule has 0 unspecified atom stereocenters. The van der Waals surface area contributed by atoms with Gasteiger partial charge < -0.3 is 9.13 Å². The maximum absolute atomic E-state index is 14.0. The quantitative estimate of drug-likeness (QED) is 0.445. The Labute approximate surface area is 174 Å². The molecule has 0 saturated carbocycles. The van der Waals surface area contributed by atoms with Gasteiger partial charge in [-0.1, -0.05) is 24.2 Å². The molecule has 0 fully saturated rings. The van der Waals surface area contributed by atoms with E-state index in [9.17, 15) is 9.18 Å². The Morgan fingerprint density at radius 2 is 1.97 bits per heavy atom. The standard InChI is InChI=1S/C22H25FN4OS/c1-14-8-9-17(12-19(14)23)27-15(2)11-18(16(27)3)20(28)13-29-22-25-24-21-7-5-4-6-10-26(21)22/h8-9,11-12H,4-7,10,13H2,1-3H3. The first kappa shape index (κ1) is 19.9. The average Bonchev–Trinajstić information content (AvgIpc) is 3.11. The molecule has 5 nitrogen and oxygen atoms in total. The van der Waals surface area contributed by atoms with Gasteiger partial charge in [-0.3, -0.25) is 4.79 Å². The summed E-state index contributed by atoms with van der Waals surface area (Å²) in [5.41, 5.74) is 3.76. The van der Waals surface area contributed by atoms with Crippen molar-refractivity contribution in [1.82, 2.24) is 19.3 Å². The summed E-state index contributed by atoms with van der Waals surface area (Å²) in [6, 6.07) is 7.05. The Kier molecular flexibility index (Phi) is 5.58. The van der Waals surface area contributed by atoms with Crippen LogP contribution in [0.2, 0.25) is 0 Å². The number of carbonyl (C=O) groups is 1. The highest BCUT2D eigenvalue weighted by Gasteiger charge is 2.20. The third kappa shape index (κ3) is 3.88. The molecular weight excluding hydrogens is 387 g/mol. The lowest BCUT2D eigenvalue weighted by molar-refractivity contribution is 0.102. The van der Waals surface area contributed by atoms with Gasteiger partial charge in [-0.2, -0.15) is 0 Å². The zero-order chi connectivity index (χ0) is 20.5. The number of nitrogens with zero attached hydrogens (tertiary/aromatic N) is 4. The molecule has 0 aliphatic carbocycles. The van der Waals surface area contributed by atoms with Crippen LogP contribution in [0.25, 0.3) is 5.69 Å². The highest BCUT2D eigenvalue weighted by atomic mass is 32.2. The zero-order valence-electron chi connectivity index (χ0n) is 17.0. The Balaban J connectivity index is 1.54. The molecule has 0 N–H and O–H groups in total. The van der Waals surface area contributed by atoms with Gasteiger partial charge >= 0.3 is 0 Å². The topological polar surface area (TPSA) is 52.7 Å². The fourth-order valence-electron chi connectivity index (χ4n) is 3.94. The molecule has 3 aromatic rings. The van der Waals surface area contributed by atoms with Crippen LogP contribution in [-0.4, -0.2) is 30.9 Å². The molecule has 0 atom stereocenters. The molecule has 0 spiro atoms. The van der Waals surface area contributed by atoms with Gasteiger partial charge in [0.15, 0.2) is 10.9 Å². The number of thioether (sulfide) groups is 1. The number of ketones is 1. The summed E-state index contributed by atoms with van der Waals surface area (Å²) in [5, 5.41) is 9.42. The van der Waals surface area contributed by atoms with Crippen molar-refractivity contribution in [2.75, 3.05) is 5.75 Å². The van der Waals surface area contributed by atoms with Crippen LogP contribution in [0.3, 0.4) is 0 Å². The van der Waals surface area contributed by atoms with Crippen molar-refractivity contribution in [3.05, 3.63) is 58.4 Å². The number of carbonyl (C=O) groups excluding carboxylic acids is 1. The molecule has 0 bridgehead atoms. The fourth-order valence-corrected chi connectivity index (χ4v) is 4.80. The fraction of sp³-hybridized carbons (Fsp3) is 0.409. The summed E-state index contributed by atoms with van der Waals surface area (Å²) in [5.74, 6) is 1.14. The summed E-state index contributed by atoms with van der Waals surface area (Å²) in [4.78, 5) is 12.9. The second-order valence-corrected chi connectivity index (χ2v) is 8.57. The van der Waals surface area contributed by atoms with Crippen molar-refractivity contribution in [2.24, 2.45) is 0 Å². The van der Waals surface area contributed by atoms with Gasteiger partial charge in [0, 0.05) is 35.6 Å². The van der Waals surface area contributed by atoms with Gasteiger partial charge in [-0.05, 0) is 57.4 Å². The number of benzene rings is 1. The normalized spacial score (nSPS) is 13.9. The summed E-state index contributed by atoms with van der Waals surface area (Å²) in [7, 11) is 0. The lowest BCUT2D eigenvalue weighted by Crippen LogP contribution is -2.08. The number of aromatic nitrogens is 4. The Morgan fingerprint density at radius 3 is 2.76 bits per heavy atom. The van der Waals surface area contributed by atoms with Crippen LogP contribution in [0.4, 0.5) is 4.39 Å². The first-order valence-corrected chi connectivity index (χ1v) is 11.0. The number of aryl methyl sites for hydroxylation is 3. The van der Waals surface area contributed by atoms with Crippen molar-refractivity contribution in [3.8, 4) is 5.69 Å². The SMILES string of the molecule is Cc1ccc(-n2c(C)cc(C(=O)CSc3nnc4n3CCCCC4)c2C)cc1F. The molecule has 0 saturated heterocycles. The summed E-state index contributed by atoms with van der Waals surface area (Å²) >= 11 is 1.45. The molecule has 152 valence electrons. The Bertz CT molecular complexity index is 1070. The van der Waals surface area contributed by atoms with E-state index >= 15 is 0 Å². The molecule has 0 amide bonds. The molecule has 1 aromatic carbocycles. The number of fused-ring (bicyclic) bond motifs is 1. The van der Waals surface area contributed by atoms with Crippen LogP contribution < -0.4 is 0 Å². The molecule has 29 heavy (non-hydrogen) atoms. The monoisotopic (exact) mass is 412 g/mol. The van der Waals surface area contributed by atoms with E-state index in [1.807, 2.05) is 30.5 Å². The van der Waals surface area contributed by atoms with E-state index in [0.717, 1.165) is 53.9 Å². The van der Waals surface area contributed by atoms with E-state index in [0.29, 0.717) is 16.9 Å². The molecule has 4 rings (SSSR count). The maximum atomic E-state index is 14.0. The van der Waals surface area contributed by atoms with Crippen LogP contribution in [0.15, 0.2) is 29.4 Å². The largest absolute Gasteiger partial charge is 0.318 e. The van der Waals surface area contributed by atoms with Gasteiger partial charge in [0.05, 0.1) is 5.75 Å². The van der Waals surface area contributed by atoms with Crippen LogP contribution in [0.5, 0.6) is 0 Å². The van der Waals surface area contributed by atoms with Gasteiger partial charge in [0.2, 0.25) is 0 Å². The first-order chi connectivity index (χ1) is 14.0. The highest BCUT2D eigenvalue weighted by Crippen LogP contribution is 2.26. The molecule has 3 heterocycles. The van der Waals surface area contributed by atoms with E-state index in [1.54, 1.807) is 13.0 Å². The van der Waals surface area contributed by atoms with Crippen LogP contribution >= 0.6 is 11.8 Å². The third-order valence-electron chi connectivity index (χ3n) is 5.55. The molecular formula is C22H25FN4OS. The lowest BCUT2D eigenvalue weighted by atomic mass is 10.2. The highest BCUT2D eigenvalue weighted by molar-refractivity contribution is 7.99. The second kappa shape index (κ2) is 8.14. The van der Waals surface area contributed by atoms with Crippen molar-refractivity contribution in [1.29, 1.82) is 0 Å². The van der Waals surface area contributed by atoms with Gasteiger partial charge in [-0.25, -0.2) is 4.39 Å². The van der Waals surface area contributed by atoms with E-state index in [-0.39, 0.29) is 11.6 Å². The minimum Gasteiger partial charge on any atom is -0.318 e. The molecule has 7 heteroatoms. The lowest BCUT2D eigenvalue weighted by Gasteiger charge is -2.11. The maximum Gasteiger partial charge on any atom is 0.191 e. The molecule has 1 aliphatic heterocycles. The van der Waals surface area contributed by atoms with Crippen molar-refractivity contribution in [3.63, 3.8) is 0 Å². The summed E-state index contributed by atoms with van der Waals surface area (Å²) < 4.78 is 18.1. The summed E-state index contributed by atoms with van der Waals surface area (Å²) in [6.45, 7) is 6.51. The minimum absolute atomic E-state index is 0.0490. The van der Waals surface area contributed by atoms with Crippen molar-refractivity contribution >= 4 is 17.5 Å². The minimum atomic E-state index is -0.245. The first-order valence-electron chi connectivity index (χ1n) is 9.99. The van der Waals surface area contributed by atoms with Crippen molar-refractivity contribution in [2.45, 2.75) is 58.2 Å². The van der Waals surface area contributed by atoms with Crippen molar-refractivity contribution < 1.29 is 9.18 Å². The Hall–Kier alpha value is -2.41. The molecule has 2 aromatic heterocycles. The van der Waals surface area contributed by atoms with Gasteiger partial charge in [0.25, 0.3) is 0 Å². The van der Waals surface area contributed by atoms with Crippen LogP contribution in [0, 0.1) is 26.6 Å². The molecule has 1 aliphatic rings. The number of halogens is 1. The number of hydrogen-bond donors (Lipinski definition) is 0. The predicted molar refractivity (Wildman–Crippen MR) is 113 cm³/mol. The average molecular weight is 413 g/mol. The van der Waals surface area contributed by atoms with Crippen LogP contribution in [-0.2, 0) is 13.0 Å². The van der Waals surface area contributed by atoms with Gasteiger partial charge in [-0.15, -0.1) is 10.2 Å². The van der Waals surface area contributed by atoms with Gasteiger partial charge in [0.1, 0.15) is 11.6 Å². The second-order valence-electron chi connectivity index (χ2n) is 7.63. The number of rotatable bonds is 5. The zero-order valence-corrected chi connectivity index (χ0v) is 17.9. The number of Topliss-reactive ketones (excluding diaryl/α,β-unsaturated/α-hetero) is 1. The van der Waals surface area contributed by atoms with E-state index in [2.05, 4.69) is 14.8 Å². The third-order valence-corrected chi connectivity index (χ3v) is 6.52. The van der Waals surface area contributed by atoms with E-state index in [1.165, 1.54) is 24.2 Å². The predicted octanol–water partition coefficient (Wildman–Crippen LogP) is 4.83. The smallest absolute Gasteiger partial charge is 0.191 e.